The second kappa shape index (κ2) is 12.7. The molecule has 1 spiro atoms. The summed E-state index contributed by atoms with van der Waals surface area (Å²) in [7, 11) is 0. The van der Waals surface area contributed by atoms with E-state index in [0.717, 1.165) is 17.5 Å². The first-order valence-electron chi connectivity index (χ1n) is 15.0. The molecule has 232 valence electrons. The fourth-order valence-corrected chi connectivity index (χ4v) is 10.9. The van der Waals surface area contributed by atoms with Gasteiger partial charge >= 0.3 is 0 Å². The fourth-order valence-electron chi connectivity index (χ4n) is 7.26. The normalized spacial score (nSPS) is 28.4. The van der Waals surface area contributed by atoms with Crippen LogP contribution < -0.4 is 0 Å². The molecule has 43 heavy (non-hydrogen) atoms. The number of carbonyl (C=O) groups is 3. The number of fused-ring (bicyclic) bond motifs is 2. The summed E-state index contributed by atoms with van der Waals surface area (Å²) in [6.07, 6.45) is 4.73. The van der Waals surface area contributed by atoms with E-state index in [-0.39, 0.29) is 53.5 Å². The zero-order valence-electron chi connectivity index (χ0n) is 25.0. The van der Waals surface area contributed by atoms with Gasteiger partial charge in [-0.15, -0.1) is 30.0 Å². The maximum Gasteiger partial charge on any atom is 0.248 e. The summed E-state index contributed by atoms with van der Waals surface area (Å²) < 4.78 is 0.849. The van der Waals surface area contributed by atoms with Crippen molar-refractivity contribution in [1.29, 1.82) is 0 Å². The van der Waals surface area contributed by atoms with Gasteiger partial charge in [0.1, 0.15) is 18.2 Å². The van der Waals surface area contributed by atoms with Crippen molar-refractivity contribution < 1.29 is 19.5 Å². The summed E-state index contributed by atoms with van der Waals surface area (Å²) >= 11 is 5.46. The summed E-state index contributed by atoms with van der Waals surface area (Å²) in [4.78, 5) is 48.6. The van der Waals surface area contributed by atoms with E-state index in [4.69, 9.17) is 0 Å². The number of likely N-dealkylation sites (tertiary alicyclic amines) is 1. The highest BCUT2D eigenvalue weighted by atomic mass is 79.9. The lowest BCUT2D eigenvalue weighted by molar-refractivity contribution is -0.148. The first-order valence-corrected chi connectivity index (χ1v) is 16.8. The van der Waals surface area contributed by atoms with E-state index in [0.29, 0.717) is 19.5 Å². The third kappa shape index (κ3) is 5.22. The molecule has 0 radical (unpaired) electrons. The van der Waals surface area contributed by atoms with Crippen molar-refractivity contribution in [1.82, 2.24) is 29.7 Å². The van der Waals surface area contributed by atoms with Crippen LogP contribution in [-0.2, 0) is 21.1 Å². The van der Waals surface area contributed by atoms with Crippen molar-refractivity contribution in [2.75, 3.05) is 26.2 Å². The number of alkyl halides is 1. The molecule has 0 saturated carbocycles. The number of nitrogens with zero attached hydrogens (tertiary/aromatic N) is 6. The Balaban J connectivity index is 1.59. The number of benzene rings is 1. The average molecular weight is 674 g/mol. The van der Waals surface area contributed by atoms with Crippen molar-refractivity contribution in [2.45, 2.75) is 67.2 Å². The van der Waals surface area contributed by atoms with Gasteiger partial charge in [-0.3, -0.25) is 14.4 Å². The van der Waals surface area contributed by atoms with E-state index in [2.05, 4.69) is 39.4 Å². The Hall–Kier alpha value is -2.70. The number of amides is 3. The molecule has 3 aliphatic heterocycles. The number of hydrogen-bond donors (Lipinski definition) is 1. The van der Waals surface area contributed by atoms with Gasteiger partial charge in [0.05, 0.1) is 34.7 Å². The molecule has 10 nitrogen and oxygen atoms in total. The molecule has 3 amide bonds. The predicted octanol–water partition coefficient (Wildman–Crippen LogP) is 3.31. The Morgan fingerprint density at radius 3 is 2.56 bits per heavy atom. The second-order valence-electron chi connectivity index (χ2n) is 12.0. The monoisotopic (exact) mass is 672 g/mol. The standard InChI is InChI=1S/C31H41BrN6O4S/c1-6-13-35(14-7-2)28(40)24-25-29(41)38(23(17-39)19(4)5)27(31(25)16-20(32)26(24)43-31)30(42)36(15-8-3)18-37-22-12-10-9-11-21(22)33-34-37/h6,8-12,19-20,23-27,39H,1,3,7,13-18H2,2,4-5H3/t20?,23-,24+,25-,26+,27?,31?/m0/s1. The molecule has 3 aliphatic rings. The van der Waals surface area contributed by atoms with Crippen LogP contribution in [0.4, 0.5) is 0 Å². The molecule has 0 aliphatic carbocycles. The maximum absolute atomic E-state index is 14.8. The van der Waals surface area contributed by atoms with Gasteiger partial charge in [-0.1, -0.05) is 66.2 Å². The zero-order chi connectivity index (χ0) is 31.1. The lowest BCUT2D eigenvalue weighted by atomic mass is 9.70. The van der Waals surface area contributed by atoms with Gasteiger partial charge in [0.15, 0.2) is 0 Å². The predicted molar refractivity (Wildman–Crippen MR) is 171 cm³/mol. The van der Waals surface area contributed by atoms with E-state index in [1.807, 2.05) is 45.0 Å². The fraction of sp³-hybridized carbons (Fsp3) is 0.581. The number of aromatic nitrogens is 3. The minimum absolute atomic E-state index is 0.0447. The third-order valence-electron chi connectivity index (χ3n) is 9.10. The number of rotatable bonds is 13. The van der Waals surface area contributed by atoms with Gasteiger partial charge in [-0.2, -0.15) is 0 Å². The van der Waals surface area contributed by atoms with Crippen molar-refractivity contribution in [3.63, 3.8) is 0 Å². The van der Waals surface area contributed by atoms with Crippen molar-refractivity contribution in [2.24, 2.45) is 17.8 Å². The number of aliphatic hydroxyl groups excluding tert-OH is 1. The highest BCUT2D eigenvalue weighted by Crippen LogP contribution is 2.68. The lowest BCUT2D eigenvalue weighted by Gasteiger charge is -2.40. The Labute approximate surface area is 265 Å². The smallest absolute Gasteiger partial charge is 0.248 e. The Morgan fingerprint density at radius 2 is 1.91 bits per heavy atom. The van der Waals surface area contributed by atoms with E-state index in [1.54, 1.807) is 43.3 Å². The summed E-state index contributed by atoms with van der Waals surface area (Å²) in [6, 6.07) is 6.10. The Morgan fingerprint density at radius 1 is 1.21 bits per heavy atom. The molecule has 1 aromatic carbocycles. The molecule has 3 fully saturated rings. The van der Waals surface area contributed by atoms with Crippen molar-refractivity contribution in [3.8, 4) is 0 Å². The van der Waals surface area contributed by atoms with Crippen LogP contribution in [0.2, 0.25) is 0 Å². The number of para-hydroxylation sites is 1. The van der Waals surface area contributed by atoms with E-state index in [9.17, 15) is 19.5 Å². The molecular formula is C31H41BrN6O4S. The quantitative estimate of drug-likeness (QED) is 0.257. The van der Waals surface area contributed by atoms with Crippen LogP contribution in [0.25, 0.3) is 11.0 Å². The molecule has 5 rings (SSSR count). The first kappa shape index (κ1) is 31.7. The third-order valence-corrected chi connectivity index (χ3v) is 12.3. The average Bonchev–Trinajstić information content (AvgIpc) is 3.70. The van der Waals surface area contributed by atoms with E-state index in [1.165, 1.54) is 0 Å². The van der Waals surface area contributed by atoms with Crippen molar-refractivity contribution >= 4 is 56.4 Å². The SMILES string of the molecule is C=CCN(Cn1nnc2ccccc21)C(=O)C1N([C@@H](CO)C(C)C)C(=O)[C@@H]2[C@@H](C(=O)N(CC=C)CCC)[C@@H]3SC12CC3Br. The van der Waals surface area contributed by atoms with Crippen LogP contribution in [0, 0.1) is 17.8 Å². The molecule has 7 atom stereocenters. The van der Waals surface area contributed by atoms with Crippen LogP contribution in [0.3, 0.4) is 0 Å². The molecular weight excluding hydrogens is 632 g/mol. The van der Waals surface area contributed by atoms with E-state index < -0.39 is 28.7 Å². The molecule has 1 N–H and O–H groups in total. The second-order valence-corrected chi connectivity index (χ2v) is 14.8. The van der Waals surface area contributed by atoms with Crippen LogP contribution in [-0.4, -0.2) is 106 Å². The summed E-state index contributed by atoms with van der Waals surface area (Å²) in [5.74, 6) is -1.90. The minimum atomic E-state index is -0.869. The molecule has 12 heteroatoms. The molecule has 4 heterocycles. The Bertz CT molecular complexity index is 1400. The zero-order valence-corrected chi connectivity index (χ0v) is 27.4. The number of hydrogen-bond acceptors (Lipinski definition) is 7. The van der Waals surface area contributed by atoms with Gasteiger partial charge in [0, 0.05) is 29.7 Å². The molecule has 1 aromatic heterocycles. The van der Waals surface area contributed by atoms with Gasteiger partial charge < -0.3 is 19.8 Å². The van der Waals surface area contributed by atoms with Gasteiger partial charge in [0.2, 0.25) is 17.7 Å². The topological polar surface area (TPSA) is 112 Å². The van der Waals surface area contributed by atoms with Gasteiger partial charge in [-0.05, 0) is 30.9 Å². The van der Waals surface area contributed by atoms with Crippen LogP contribution in [0.5, 0.6) is 0 Å². The molecule has 3 unspecified atom stereocenters. The van der Waals surface area contributed by atoms with Crippen LogP contribution >= 0.6 is 27.7 Å². The Kier molecular flexibility index (Phi) is 9.39. The lowest BCUT2D eigenvalue weighted by Crippen LogP contribution is -2.59. The van der Waals surface area contributed by atoms with Gasteiger partial charge in [0.25, 0.3) is 0 Å². The van der Waals surface area contributed by atoms with Crippen LogP contribution in [0.1, 0.15) is 33.6 Å². The summed E-state index contributed by atoms with van der Waals surface area (Å²) in [6.45, 7) is 14.7. The minimum Gasteiger partial charge on any atom is -0.394 e. The van der Waals surface area contributed by atoms with Crippen LogP contribution in [0.15, 0.2) is 49.6 Å². The highest BCUT2D eigenvalue weighted by molar-refractivity contribution is 9.09. The molecule has 3 saturated heterocycles. The number of aliphatic hydroxyl groups is 1. The summed E-state index contributed by atoms with van der Waals surface area (Å²) in [5.41, 5.74) is 1.50. The molecule has 2 aromatic rings. The first-order chi connectivity index (χ1) is 20.6. The largest absolute Gasteiger partial charge is 0.394 e. The number of carbonyl (C=O) groups excluding carboxylic acids is 3. The molecule has 2 bridgehead atoms. The van der Waals surface area contributed by atoms with Gasteiger partial charge in [-0.25, -0.2) is 4.68 Å². The maximum atomic E-state index is 14.8. The summed E-state index contributed by atoms with van der Waals surface area (Å²) in [5, 5.41) is 19.0. The van der Waals surface area contributed by atoms with E-state index >= 15 is 0 Å². The number of halogens is 1. The van der Waals surface area contributed by atoms with Crippen molar-refractivity contribution in [3.05, 3.63) is 49.6 Å². The number of thioether (sulfide) groups is 1. The highest BCUT2D eigenvalue weighted by Gasteiger charge is 2.76.